The highest BCUT2D eigenvalue weighted by Crippen LogP contribution is 2.30. The van der Waals surface area contributed by atoms with E-state index in [1.54, 1.807) is 16.4 Å². The first kappa shape index (κ1) is 14.5. The largest absolute Gasteiger partial charge is 0.252 e. The highest BCUT2D eigenvalue weighted by Gasteiger charge is 2.33. The molecule has 1 aliphatic rings. The van der Waals surface area contributed by atoms with Crippen LogP contribution >= 0.6 is 11.3 Å². The van der Waals surface area contributed by atoms with Gasteiger partial charge in [-0.2, -0.15) is 9.57 Å². The fourth-order valence-corrected chi connectivity index (χ4v) is 5.50. The number of hydrogen-bond donors (Lipinski definition) is 0. The van der Waals surface area contributed by atoms with Crippen molar-refractivity contribution in [1.82, 2.24) is 4.31 Å². The Balaban J connectivity index is 2.29. The molecule has 0 aromatic carbocycles. The summed E-state index contributed by atoms with van der Waals surface area (Å²) in [5.74, 6) is 0. The number of thiophene rings is 1. The summed E-state index contributed by atoms with van der Waals surface area (Å²) in [7, 11) is -3.42. The smallest absolute Gasteiger partial charge is 0.206 e. The van der Waals surface area contributed by atoms with Gasteiger partial charge < -0.3 is 0 Å². The lowest BCUT2D eigenvalue weighted by Gasteiger charge is -2.34. The standard InChI is InChI=1S/C13H18N2O2S2/c1-2-5-11-6-3-4-9-15(11)19(16,17)13-8-7-12(10-14)18-13/h7-8,11H,2-6,9H2,1H3. The minimum absolute atomic E-state index is 0.122. The van der Waals surface area contributed by atoms with E-state index < -0.39 is 10.0 Å². The summed E-state index contributed by atoms with van der Waals surface area (Å²) in [6, 6.07) is 5.25. The van der Waals surface area contributed by atoms with Gasteiger partial charge in [0.1, 0.15) is 15.2 Å². The Morgan fingerprint density at radius 1 is 1.47 bits per heavy atom. The second-order valence-electron chi connectivity index (χ2n) is 4.78. The highest BCUT2D eigenvalue weighted by atomic mass is 32.2. The fourth-order valence-electron chi connectivity index (χ4n) is 2.55. The zero-order chi connectivity index (χ0) is 13.9. The molecule has 0 aliphatic carbocycles. The summed E-state index contributed by atoms with van der Waals surface area (Å²) in [5.41, 5.74) is 0. The summed E-state index contributed by atoms with van der Waals surface area (Å²) >= 11 is 1.06. The van der Waals surface area contributed by atoms with Gasteiger partial charge >= 0.3 is 0 Å². The molecule has 6 heteroatoms. The van der Waals surface area contributed by atoms with Crippen molar-refractivity contribution in [2.75, 3.05) is 6.54 Å². The molecule has 0 bridgehead atoms. The first-order chi connectivity index (χ1) is 9.09. The number of nitriles is 1. The zero-order valence-corrected chi connectivity index (χ0v) is 12.6. The van der Waals surface area contributed by atoms with Crippen LogP contribution in [0.15, 0.2) is 16.3 Å². The number of rotatable bonds is 4. The van der Waals surface area contributed by atoms with Crippen LogP contribution in [0.2, 0.25) is 0 Å². The average molecular weight is 298 g/mol. The summed E-state index contributed by atoms with van der Waals surface area (Å²) < 4.78 is 27.2. The topological polar surface area (TPSA) is 61.2 Å². The van der Waals surface area contributed by atoms with Crippen LogP contribution in [-0.4, -0.2) is 25.3 Å². The summed E-state index contributed by atoms with van der Waals surface area (Å²) in [6.07, 6.45) is 4.88. The van der Waals surface area contributed by atoms with E-state index in [4.69, 9.17) is 5.26 Å². The van der Waals surface area contributed by atoms with Crippen molar-refractivity contribution in [2.24, 2.45) is 0 Å². The second kappa shape index (κ2) is 6.04. The number of nitrogens with zero attached hydrogens (tertiary/aromatic N) is 2. The van der Waals surface area contributed by atoms with E-state index >= 15 is 0 Å². The molecule has 0 N–H and O–H groups in total. The van der Waals surface area contributed by atoms with Crippen LogP contribution in [0.1, 0.15) is 43.9 Å². The molecule has 0 amide bonds. The lowest BCUT2D eigenvalue weighted by molar-refractivity contribution is 0.240. The van der Waals surface area contributed by atoms with E-state index in [1.807, 2.05) is 6.07 Å². The van der Waals surface area contributed by atoms with Gasteiger partial charge in [0, 0.05) is 12.6 Å². The molecule has 2 heterocycles. The van der Waals surface area contributed by atoms with Gasteiger partial charge in [-0.25, -0.2) is 8.42 Å². The maximum atomic E-state index is 12.6. The molecular weight excluding hydrogens is 280 g/mol. The highest BCUT2D eigenvalue weighted by molar-refractivity contribution is 7.91. The van der Waals surface area contributed by atoms with E-state index in [0.717, 1.165) is 43.4 Å². The Morgan fingerprint density at radius 3 is 2.89 bits per heavy atom. The molecule has 0 radical (unpaired) electrons. The van der Waals surface area contributed by atoms with Crippen molar-refractivity contribution < 1.29 is 8.42 Å². The molecule has 0 saturated carbocycles. The quantitative estimate of drug-likeness (QED) is 0.858. The van der Waals surface area contributed by atoms with Crippen molar-refractivity contribution in [1.29, 1.82) is 5.26 Å². The second-order valence-corrected chi connectivity index (χ2v) is 7.99. The van der Waals surface area contributed by atoms with Gasteiger partial charge in [0.15, 0.2) is 0 Å². The van der Waals surface area contributed by atoms with Gasteiger partial charge in [0.05, 0.1) is 0 Å². The summed E-state index contributed by atoms with van der Waals surface area (Å²) in [4.78, 5) is 0.447. The van der Waals surface area contributed by atoms with Crippen molar-refractivity contribution in [3.05, 3.63) is 17.0 Å². The third kappa shape index (κ3) is 2.99. The van der Waals surface area contributed by atoms with Crippen molar-refractivity contribution in [3.8, 4) is 6.07 Å². The van der Waals surface area contributed by atoms with E-state index in [9.17, 15) is 8.42 Å². The molecule has 104 valence electrons. The number of hydrogen-bond acceptors (Lipinski definition) is 4. The van der Waals surface area contributed by atoms with E-state index in [0.29, 0.717) is 15.6 Å². The monoisotopic (exact) mass is 298 g/mol. The van der Waals surface area contributed by atoms with Crippen molar-refractivity contribution >= 4 is 21.4 Å². The van der Waals surface area contributed by atoms with Crippen LogP contribution in [-0.2, 0) is 10.0 Å². The molecule has 1 fully saturated rings. The Hall–Kier alpha value is -0.900. The van der Waals surface area contributed by atoms with Crippen LogP contribution in [0.3, 0.4) is 0 Å². The maximum Gasteiger partial charge on any atom is 0.252 e. The van der Waals surface area contributed by atoms with E-state index in [2.05, 4.69) is 6.92 Å². The molecule has 1 atom stereocenters. The first-order valence-corrected chi connectivity index (χ1v) is 8.87. The van der Waals surface area contributed by atoms with Gasteiger partial charge in [-0.15, -0.1) is 11.3 Å². The van der Waals surface area contributed by atoms with Gasteiger partial charge in [-0.1, -0.05) is 19.8 Å². The third-order valence-electron chi connectivity index (χ3n) is 3.45. The fraction of sp³-hybridized carbons (Fsp3) is 0.615. The van der Waals surface area contributed by atoms with E-state index in [1.165, 1.54) is 0 Å². The normalized spacial score (nSPS) is 21.2. The molecule has 4 nitrogen and oxygen atoms in total. The van der Waals surface area contributed by atoms with Crippen LogP contribution in [0, 0.1) is 11.3 Å². The maximum absolute atomic E-state index is 12.6. The van der Waals surface area contributed by atoms with Crippen LogP contribution in [0.4, 0.5) is 0 Å². The predicted octanol–water partition coefficient (Wildman–Crippen LogP) is 2.96. The Morgan fingerprint density at radius 2 is 2.26 bits per heavy atom. The van der Waals surface area contributed by atoms with Gasteiger partial charge in [-0.3, -0.25) is 0 Å². The number of sulfonamides is 1. The minimum atomic E-state index is -3.42. The molecule has 1 aromatic heterocycles. The molecule has 1 aliphatic heterocycles. The molecule has 1 saturated heterocycles. The molecule has 19 heavy (non-hydrogen) atoms. The van der Waals surface area contributed by atoms with Crippen molar-refractivity contribution in [2.45, 2.75) is 49.3 Å². The Labute approximate surface area is 118 Å². The average Bonchev–Trinajstić information content (AvgIpc) is 2.89. The Bertz CT molecular complexity index is 570. The molecule has 2 rings (SSSR count). The van der Waals surface area contributed by atoms with Gasteiger partial charge in [-0.05, 0) is 31.4 Å². The lowest BCUT2D eigenvalue weighted by atomic mass is 10.0. The van der Waals surface area contributed by atoms with Crippen LogP contribution in [0.25, 0.3) is 0 Å². The first-order valence-electron chi connectivity index (χ1n) is 6.61. The molecule has 1 aromatic rings. The third-order valence-corrected chi connectivity index (χ3v) is 6.86. The molecule has 1 unspecified atom stereocenters. The minimum Gasteiger partial charge on any atom is -0.206 e. The van der Waals surface area contributed by atoms with Gasteiger partial charge in [0.2, 0.25) is 0 Å². The van der Waals surface area contributed by atoms with Crippen molar-refractivity contribution in [3.63, 3.8) is 0 Å². The van der Waals surface area contributed by atoms with Crippen LogP contribution < -0.4 is 0 Å². The van der Waals surface area contributed by atoms with E-state index in [-0.39, 0.29) is 6.04 Å². The van der Waals surface area contributed by atoms with Gasteiger partial charge in [0.25, 0.3) is 10.0 Å². The molecular formula is C13H18N2O2S2. The summed E-state index contributed by atoms with van der Waals surface area (Å²) in [5, 5.41) is 8.82. The number of piperidine rings is 1. The predicted molar refractivity (Wildman–Crippen MR) is 75.5 cm³/mol. The lowest BCUT2D eigenvalue weighted by Crippen LogP contribution is -2.43. The SMILES string of the molecule is CCCC1CCCCN1S(=O)(=O)c1ccc(C#N)s1. The molecule has 0 spiro atoms. The Kier molecular flexibility index (Phi) is 4.61. The summed E-state index contributed by atoms with van der Waals surface area (Å²) in [6.45, 7) is 2.69. The van der Waals surface area contributed by atoms with Crippen LogP contribution in [0.5, 0.6) is 0 Å². The zero-order valence-electron chi connectivity index (χ0n) is 11.0.